The third-order valence-electron chi connectivity index (χ3n) is 4.52. The molecule has 0 spiro atoms. The number of rotatable bonds is 20. The van der Waals surface area contributed by atoms with Crippen LogP contribution in [0.15, 0.2) is 36.5 Å². The minimum atomic E-state index is -4.60. The van der Waals surface area contributed by atoms with Crippen molar-refractivity contribution in [2.24, 2.45) is 0 Å². The molecule has 4 N–H and O–H groups in total. The van der Waals surface area contributed by atoms with Gasteiger partial charge in [-0.05, 0) is 38.5 Å². The summed E-state index contributed by atoms with van der Waals surface area (Å²) in [7, 11) is -4.60. The molecule has 0 aromatic heterocycles. The number of carbonyl (C=O) groups excluding carboxylic acids is 1. The van der Waals surface area contributed by atoms with Gasteiger partial charge in [-0.1, -0.05) is 75.5 Å². The highest BCUT2D eigenvalue weighted by atomic mass is 31.2. The molecule has 1 unspecified atom stereocenters. The molecule has 0 rings (SSSR count). The summed E-state index contributed by atoms with van der Waals surface area (Å²) in [5.41, 5.74) is 0. The number of aliphatic hydroxyl groups is 1. The first-order chi connectivity index (χ1) is 14.8. The first-order valence-electron chi connectivity index (χ1n) is 11.4. The molecule has 1 atom stereocenters. The smallest absolute Gasteiger partial charge is 0.389 e. The summed E-state index contributed by atoms with van der Waals surface area (Å²) in [6, 6.07) is 0. The highest BCUT2D eigenvalue weighted by molar-refractivity contribution is 7.46. The summed E-state index contributed by atoms with van der Waals surface area (Å²) >= 11 is 0. The minimum Gasteiger partial charge on any atom is -0.389 e. The molecule has 0 saturated heterocycles. The zero-order chi connectivity index (χ0) is 23.2. The van der Waals surface area contributed by atoms with Crippen LogP contribution in [0.3, 0.4) is 0 Å². The molecule has 7 nitrogen and oxygen atoms in total. The second-order valence-corrected chi connectivity index (χ2v) is 8.79. The van der Waals surface area contributed by atoms with Crippen molar-refractivity contribution in [1.29, 1.82) is 0 Å². The number of amides is 1. The van der Waals surface area contributed by atoms with Crippen LogP contribution in [0.25, 0.3) is 0 Å². The number of unbranched alkanes of at least 4 members (excludes halogenated alkanes) is 7. The Morgan fingerprint density at radius 3 is 2.06 bits per heavy atom. The van der Waals surface area contributed by atoms with Gasteiger partial charge < -0.3 is 20.2 Å². The van der Waals surface area contributed by atoms with Crippen molar-refractivity contribution in [2.75, 3.05) is 13.2 Å². The van der Waals surface area contributed by atoms with Crippen molar-refractivity contribution in [3.63, 3.8) is 0 Å². The van der Waals surface area contributed by atoms with Gasteiger partial charge in [0.2, 0.25) is 5.91 Å². The average Bonchev–Trinajstić information content (AvgIpc) is 2.72. The molecule has 0 aromatic rings. The van der Waals surface area contributed by atoms with E-state index in [0.29, 0.717) is 6.42 Å². The van der Waals surface area contributed by atoms with E-state index >= 15 is 0 Å². The molecule has 1 amide bonds. The van der Waals surface area contributed by atoms with Gasteiger partial charge in [0, 0.05) is 13.0 Å². The van der Waals surface area contributed by atoms with Gasteiger partial charge in [-0.3, -0.25) is 9.32 Å². The quantitative estimate of drug-likeness (QED) is 0.116. The highest BCUT2D eigenvalue weighted by Crippen LogP contribution is 2.35. The number of hydrogen-bond donors (Lipinski definition) is 4. The lowest BCUT2D eigenvalue weighted by molar-refractivity contribution is -0.121. The molecule has 0 heterocycles. The van der Waals surface area contributed by atoms with E-state index in [9.17, 15) is 14.5 Å². The third kappa shape index (κ3) is 24.9. The van der Waals surface area contributed by atoms with Crippen LogP contribution in [-0.2, 0) is 13.9 Å². The molecule has 0 aliphatic rings. The topological polar surface area (TPSA) is 116 Å². The van der Waals surface area contributed by atoms with Crippen LogP contribution in [-0.4, -0.2) is 40.1 Å². The number of allylic oxidation sites excluding steroid dienone is 6. The fourth-order valence-electron chi connectivity index (χ4n) is 2.82. The predicted octanol–water partition coefficient (Wildman–Crippen LogP) is 4.94. The second-order valence-electron chi connectivity index (χ2n) is 7.55. The highest BCUT2D eigenvalue weighted by Gasteiger charge is 2.17. The summed E-state index contributed by atoms with van der Waals surface area (Å²) < 4.78 is 14.7. The standard InChI is InChI=1S/C23H42NO6P/c1-2-3-4-5-6-7-8-9-10-11-12-13-14-15-16-17-18-19-23(26)24-20-22(25)21-30-31(27,28)29/h3-4,6-7,9-10,22,25H,2,5,8,11-21H2,1H3,(H,24,26)(H2,27,28,29)/b4-3-,7-6-,10-9-. The van der Waals surface area contributed by atoms with E-state index in [4.69, 9.17) is 9.79 Å². The van der Waals surface area contributed by atoms with Crippen molar-refractivity contribution in [1.82, 2.24) is 5.32 Å². The van der Waals surface area contributed by atoms with E-state index in [-0.39, 0.29) is 12.5 Å². The third-order valence-corrected chi connectivity index (χ3v) is 5.01. The first kappa shape index (κ1) is 29.8. The van der Waals surface area contributed by atoms with Crippen LogP contribution in [0, 0.1) is 0 Å². The lowest BCUT2D eigenvalue weighted by atomic mass is 10.1. The number of phosphoric acid groups is 1. The van der Waals surface area contributed by atoms with Crippen molar-refractivity contribution >= 4 is 13.7 Å². The Morgan fingerprint density at radius 1 is 0.903 bits per heavy atom. The van der Waals surface area contributed by atoms with Crippen LogP contribution in [0.1, 0.15) is 84.0 Å². The van der Waals surface area contributed by atoms with Crippen LogP contribution < -0.4 is 5.32 Å². The number of carbonyl (C=O) groups is 1. The monoisotopic (exact) mass is 459 g/mol. The zero-order valence-electron chi connectivity index (χ0n) is 19.0. The largest absolute Gasteiger partial charge is 0.469 e. The molecule has 0 bridgehead atoms. The maximum Gasteiger partial charge on any atom is 0.469 e. The Balaban J connectivity index is 3.42. The Hall–Kier alpha value is -1.24. The summed E-state index contributed by atoms with van der Waals surface area (Å²) in [5.74, 6) is -0.172. The number of aliphatic hydroxyl groups excluding tert-OH is 1. The molecule has 0 radical (unpaired) electrons. The second kappa shape index (κ2) is 20.7. The number of hydrogen-bond acceptors (Lipinski definition) is 4. The van der Waals surface area contributed by atoms with Gasteiger partial charge >= 0.3 is 7.82 Å². The maximum atomic E-state index is 11.7. The molecule has 8 heteroatoms. The predicted molar refractivity (Wildman–Crippen MR) is 126 cm³/mol. The lowest BCUT2D eigenvalue weighted by Gasteiger charge is -2.12. The summed E-state index contributed by atoms with van der Waals surface area (Å²) in [4.78, 5) is 28.8. The molecule has 0 aromatic carbocycles. The Morgan fingerprint density at radius 2 is 1.45 bits per heavy atom. The summed E-state index contributed by atoms with van der Waals surface area (Å²) in [6.45, 7) is 1.54. The van der Waals surface area contributed by atoms with Gasteiger partial charge in [0.05, 0.1) is 12.7 Å². The summed E-state index contributed by atoms with van der Waals surface area (Å²) in [6.07, 6.45) is 24.5. The lowest BCUT2D eigenvalue weighted by Crippen LogP contribution is -2.34. The normalized spacial score (nSPS) is 13.5. The number of phosphoric ester groups is 1. The van der Waals surface area contributed by atoms with Crippen molar-refractivity contribution in [2.45, 2.75) is 90.1 Å². The fraction of sp³-hybridized carbons (Fsp3) is 0.696. The molecule has 0 saturated carbocycles. The van der Waals surface area contributed by atoms with E-state index in [2.05, 4.69) is 53.2 Å². The van der Waals surface area contributed by atoms with Gasteiger partial charge in [-0.2, -0.15) is 0 Å². The average molecular weight is 460 g/mol. The van der Waals surface area contributed by atoms with Gasteiger partial charge in [0.15, 0.2) is 0 Å². The van der Waals surface area contributed by atoms with E-state index in [0.717, 1.165) is 44.9 Å². The number of nitrogens with one attached hydrogen (secondary N) is 1. The molecule has 0 aliphatic carbocycles. The van der Waals surface area contributed by atoms with Crippen molar-refractivity contribution in [3.05, 3.63) is 36.5 Å². The van der Waals surface area contributed by atoms with Crippen LogP contribution >= 0.6 is 7.82 Å². The first-order valence-corrected chi connectivity index (χ1v) is 13.0. The Labute approximate surface area is 187 Å². The van der Waals surface area contributed by atoms with Gasteiger partial charge in [-0.15, -0.1) is 0 Å². The van der Waals surface area contributed by atoms with Gasteiger partial charge in [0.1, 0.15) is 0 Å². The molecule has 180 valence electrons. The van der Waals surface area contributed by atoms with Crippen molar-refractivity contribution < 1.29 is 28.8 Å². The van der Waals surface area contributed by atoms with E-state index in [1.807, 2.05) is 0 Å². The zero-order valence-corrected chi connectivity index (χ0v) is 19.8. The van der Waals surface area contributed by atoms with Gasteiger partial charge in [0.25, 0.3) is 0 Å². The molecule has 0 aliphatic heterocycles. The van der Waals surface area contributed by atoms with Crippen LogP contribution in [0.5, 0.6) is 0 Å². The fourth-order valence-corrected chi connectivity index (χ4v) is 3.19. The Bertz CT molecular complexity index is 570. The van der Waals surface area contributed by atoms with Crippen molar-refractivity contribution in [3.8, 4) is 0 Å². The van der Waals surface area contributed by atoms with Crippen LogP contribution in [0.4, 0.5) is 0 Å². The maximum absolute atomic E-state index is 11.7. The molecule has 31 heavy (non-hydrogen) atoms. The van der Waals surface area contributed by atoms with E-state index in [1.165, 1.54) is 25.7 Å². The van der Waals surface area contributed by atoms with E-state index < -0.39 is 20.5 Å². The SMILES string of the molecule is CC/C=C\C/C=C\C/C=C\CCCCCCCCCC(=O)NCC(O)COP(=O)(O)O. The molecule has 0 fully saturated rings. The Kier molecular flexibility index (Phi) is 19.8. The minimum absolute atomic E-state index is 0.0835. The van der Waals surface area contributed by atoms with Crippen LogP contribution in [0.2, 0.25) is 0 Å². The molecular weight excluding hydrogens is 417 g/mol. The molecular formula is C23H42NO6P. The van der Waals surface area contributed by atoms with E-state index in [1.54, 1.807) is 0 Å². The summed E-state index contributed by atoms with van der Waals surface area (Å²) in [5, 5.41) is 12.0. The van der Waals surface area contributed by atoms with Gasteiger partial charge in [-0.25, -0.2) is 4.57 Å².